The minimum atomic E-state index is -0.0101. The largest absolute Gasteiger partial charge is 0.493 e. The highest BCUT2D eigenvalue weighted by molar-refractivity contribution is 5.92. The summed E-state index contributed by atoms with van der Waals surface area (Å²) in [5.41, 5.74) is 0.714. The van der Waals surface area contributed by atoms with E-state index in [1.54, 1.807) is 26.4 Å². The Morgan fingerprint density at radius 2 is 1.71 bits per heavy atom. The highest BCUT2D eigenvalue weighted by atomic mass is 16.5. The van der Waals surface area contributed by atoms with Crippen molar-refractivity contribution in [3.05, 3.63) is 18.2 Å². The molecule has 0 spiro atoms. The molecule has 1 N–H and O–H groups in total. The number of methoxy groups -OCH3 is 2. The van der Waals surface area contributed by atoms with Crippen molar-refractivity contribution in [3.8, 4) is 11.5 Å². The fourth-order valence-electron chi connectivity index (χ4n) is 2.22. The summed E-state index contributed by atoms with van der Waals surface area (Å²) in [6, 6.07) is 5.36. The molecule has 0 fully saturated rings. The molecular formula is C16H26N2O3. The Morgan fingerprint density at radius 3 is 2.24 bits per heavy atom. The van der Waals surface area contributed by atoms with Gasteiger partial charge in [0.15, 0.2) is 11.5 Å². The summed E-state index contributed by atoms with van der Waals surface area (Å²) in [6.07, 6.45) is 2.09. The van der Waals surface area contributed by atoms with E-state index in [1.807, 2.05) is 6.07 Å². The molecule has 0 heterocycles. The van der Waals surface area contributed by atoms with Gasteiger partial charge in [0.05, 0.1) is 20.8 Å². The monoisotopic (exact) mass is 294 g/mol. The maximum Gasteiger partial charge on any atom is 0.238 e. The zero-order valence-electron chi connectivity index (χ0n) is 13.4. The summed E-state index contributed by atoms with van der Waals surface area (Å²) in [4.78, 5) is 14.3. The molecule has 0 atom stereocenters. The second-order valence-electron chi connectivity index (χ2n) is 4.89. The SMILES string of the molecule is CCCN(CCC)CC(=O)Nc1ccc(OC)c(OC)c1. The van der Waals surface area contributed by atoms with Crippen molar-refractivity contribution in [2.45, 2.75) is 26.7 Å². The van der Waals surface area contributed by atoms with Gasteiger partial charge in [-0.05, 0) is 38.1 Å². The number of amides is 1. The first-order chi connectivity index (χ1) is 10.1. The van der Waals surface area contributed by atoms with Crippen LogP contribution < -0.4 is 14.8 Å². The molecule has 1 aromatic rings. The Hall–Kier alpha value is -1.75. The van der Waals surface area contributed by atoms with Crippen molar-refractivity contribution in [3.63, 3.8) is 0 Å². The molecule has 1 aromatic carbocycles. The average molecular weight is 294 g/mol. The maximum atomic E-state index is 12.1. The van der Waals surface area contributed by atoms with Gasteiger partial charge >= 0.3 is 0 Å². The molecule has 5 nitrogen and oxygen atoms in total. The van der Waals surface area contributed by atoms with E-state index in [0.29, 0.717) is 23.7 Å². The van der Waals surface area contributed by atoms with Crippen LogP contribution in [0.2, 0.25) is 0 Å². The molecule has 0 aliphatic heterocycles. The lowest BCUT2D eigenvalue weighted by atomic mass is 10.2. The highest BCUT2D eigenvalue weighted by Gasteiger charge is 2.11. The molecule has 0 unspecified atom stereocenters. The molecule has 0 radical (unpaired) electrons. The van der Waals surface area contributed by atoms with Crippen molar-refractivity contribution in [1.29, 1.82) is 0 Å². The predicted molar refractivity (Wildman–Crippen MR) is 85.2 cm³/mol. The van der Waals surface area contributed by atoms with Crippen molar-refractivity contribution in [2.75, 3.05) is 39.2 Å². The summed E-state index contributed by atoms with van der Waals surface area (Å²) in [5.74, 6) is 1.24. The van der Waals surface area contributed by atoms with Crippen LogP contribution in [0.15, 0.2) is 18.2 Å². The maximum absolute atomic E-state index is 12.1. The van der Waals surface area contributed by atoms with Gasteiger partial charge in [-0.3, -0.25) is 9.69 Å². The van der Waals surface area contributed by atoms with Gasteiger partial charge in [0, 0.05) is 11.8 Å². The van der Waals surface area contributed by atoms with E-state index in [9.17, 15) is 4.79 Å². The number of ether oxygens (including phenoxy) is 2. The van der Waals surface area contributed by atoms with Gasteiger partial charge in [-0.2, -0.15) is 0 Å². The molecule has 21 heavy (non-hydrogen) atoms. The Bertz CT molecular complexity index is 443. The Labute approximate surface area is 127 Å². The second kappa shape index (κ2) is 9.23. The number of rotatable bonds is 9. The van der Waals surface area contributed by atoms with Gasteiger partial charge in [0.1, 0.15) is 0 Å². The summed E-state index contributed by atoms with van der Waals surface area (Å²) in [5, 5.41) is 2.90. The van der Waals surface area contributed by atoms with E-state index in [2.05, 4.69) is 24.1 Å². The number of nitrogens with zero attached hydrogens (tertiary/aromatic N) is 1. The molecule has 0 bridgehead atoms. The third-order valence-electron chi connectivity index (χ3n) is 3.11. The Balaban J connectivity index is 2.65. The van der Waals surface area contributed by atoms with Crippen LogP contribution in [0.3, 0.4) is 0 Å². The van der Waals surface area contributed by atoms with E-state index in [0.717, 1.165) is 25.9 Å². The second-order valence-corrected chi connectivity index (χ2v) is 4.89. The van der Waals surface area contributed by atoms with Gasteiger partial charge in [-0.25, -0.2) is 0 Å². The molecule has 0 aliphatic carbocycles. The number of carbonyl (C=O) groups excluding carboxylic acids is 1. The van der Waals surface area contributed by atoms with Crippen LogP contribution in [0.25, 0.3) is 0 Å². The van der Waals surface area contributed by atoms with Gasteiger partial charge in [-0.1, -0.05) is 13.8 Å². The number of hydrogen-bond donors (Lipinski definition) is 1. The average Bonchev–Trinajstić information content (AvgIpc) is 2.47. The topological polar surface area (TPSA) is 50.8 Å². The molecule has 5 heteroatoms. The van der Waals surface area contributed by atoms with Gasteiger partial charge in [0.25, 0.3) is 0 Å². The molecule has 0 saturated carbocycles. The quantitative estimate of drug-likeness (QED) is 0.761. The molecule has 0 aliphatic rings. The summed E-state index contributed by atoms with van der Waals surface area (Å²) >= 11 is 0. The summed E-state index contributed by atoms with van der Waals surface area (Å²) in [6.45, 7) is 6.53. The predicted octanol–water partition coefficient (Wildman–Crippen LogP) is 2.76. The van der Waals surface area contributed by atoms with Gasteiger partial charge < -0.3 is 14.8 Å². The first-order valence-electron chi connectivity index (χ1n) is 7.38. The zero-order valence-corrected chi connectivity index (χ0v) is 13.4. The third kappa shape index (κ3) is 5.63. The fourth-order valence-corrected chi connectivity index (χ4v) is 2.22. The van der Waals surface area contributed by atoms with Crippen molar-refractivity contribution in [2.24, 2.45) is 0 Å². The first kappa shape index (κ1) is 17.3. The molecular weight excluding hydrogens is 268 g/mol. The van der Waals surface area contributed by atoms with E-state index in [4.69, 9.17) is 9.47 Å². The first-order valence-corrected chi connectivity index (χ1v) is 7.38. The fraction of sp³-hybridized carbons (Fsp3) is 0.562. The van der Waals surface area contributed by atoms with Crippen LogP contribution in [0.4, 0.5) is 5.69 Å². The van der Waals surface area contributed by atoms with Crippen LogP contribution >= 0.6 is 0 Å². The zero-order chi connectivity index (χ0) is 15.7. The normalized spacial score (nSPS) is 10.5. The number of nitrogens with one attached hydrogen (secondary N) is 1. The van der Waals surface area contributed by atoms with Crippen LogP contribution in [-0.2, 0) is 4.79 Å². The lowest BCUT2D eigenvalue weighted by molar-refractivity contribution is -0.117. The number of carbonyl (C=O) groups is 1. The van der Waals surface area contributed by atoms with E-state index in [-0.39, 0.29) is 5.91 Å². The molecule has 118 valence electrons. The van der Waals surface area contributed by atoms with Gasteiger partial charge in [-0.15, -0.1) is 0 Å². The Morgan fingerprint density at radius 1 is 1.10 bits per heavy atom. The molecule has 1 amide bonds. The van der Waals surface area contributed by atoms with E-state index < -0.39 is 0 Å². The third-order valence-corrected chi connectivity index (χ3v) is 3.11. The van der Waals surface area contributed by atoms with Crippen LogP contribution in [0, 0.1) is 0 Å². The summed E-state index contributed by atoms with van der Waals surface area (Å²) in [7, 11) is 3.16. The van der Waals surface area contributed by atoms with Gasteiger partial charge in [0.2, 0.25) is 5.91 Å². The van der Waals surface area contributed by atoms with Crippen molar-refractivity contribution in [1.82, 2.24) is 4.90 Å². The lowest BCUT2D eigenvalue weighted by Crippen LogP contribution is -2.34. The molecule has 0 saturated heterocycles. The molecule has 1 rings (SSSR count). The lowest BCUT2D eigenvalue weighted by Gasteiger charge is -2.20. The molecule has 0 aromatic heterocycles. The standard InChI is InChI=1S/C16H26N2O3/c1-5-9-18(10-6-2)12-16(19)17-13-7-8-14(20-3)15(11-13)21-4/h7-8,11H,5-6,9-10,12H2,1-4H3,(H,17,19). The number of hydrogen-bond acceptors (Lipinski definition) is 4. The number of anilines is 1. The van der Waals surface area contributed by atoms with Crippen molar-refractivity contribution < 1.29 is 14.3 Å². The Kier molecular flexibility index (Phi) is 7.61. The van der Waals surface area contributed by atoms with Crippen LogP contribution in [-0.4, -0.2) is 44.7 Å². The number of benzene rings is 1. The van der Waals surface area contributed by atoms with Crippen LogP contribution in [0.5, 0.6) is 11.5 Å². The van der Waals surface area contributed by atoms with E-state index in [1.165, 1.54) is 0 Å². The van der Waals surface area contributed by atoms with Crippen LogP contribution in [0.1, 0.15) is 26.7 Å². The highest BCUT2D eigenvalue weighted by Crippen LogP contribution is 2.29. The van der Waals surface area contributed by atoms with E-state index >= 15 is 0 Å². The minimum absolute atomic E-state index is 0.0101. The van der Waals surface area contributed by atoms with Crippen molar-refractivity contribution >= 4 is 11.6 Å². The summed E-state index contributed by atoms with van der Waals surface area (Å²) < 4.78 is 10.4. The smallest absolute Gasteiger partial charge is 0.238 e. The minimum Gasteiger partial charge on any atom is -0.493 e.